The van der Waals surface area contributed by atoms with E-state index in [0.29, 0.717) is 22.0 Å². The number of anilines is 1. The molecule has 2 N–H and O–H groups in total. The second-order valence-corrected chi connectivity index (χ2v) is 5.70. The Morgan fingerprint density at radius 1 is 1.59 bits per heavy atom. The third kappa shape index (κ3) is 2.72. The van der Waals surface area contributed by atoms with Gasteiger partial charge in [0.1, 0.15) is 0 Å². The van der Waals surface area contributed by atoms with Crippen LogP contribution in [-0.2, 0) is 0 Å². The van der Waals surface area contributed by atoms with Gasteiger partial charge in [0.15, 0.2) is 0 Å². The number of aromatic carboxylic acids is 1. The zero-order valence-electron chi connectivity index (χ0n) is 9.96. The van der Waals surface area contributed by atoms with Crippen LogP contribution in [0.3, 0.4) is 0 Å². The summed E-state index contributed by atoms with van der Waals surface area (Å²) in [7, 11) is 0. The predicted octanol–water partition coefficient (Wildman–Crippen LogP) is 3.50. The molecule has 3 nitrogen and oxygen atoms in total. The maximum absolute atomic E-state index is 11.1. The van der Waals surface area contributed by atoms with Crippen LogP contribution in [-0.4, -0.2) is 17.6 Å². The lowest BCUT2D eigenvalue weighted by Gasteiger charge is -2.10. The first-order valence-corrected chi connectivity index (χ1v) is 6.04. The second kappa shape index (κ2) is 4.22. The van der Waals surface area contributed by atoms with Crippen LogP contribution in [0.15, 0.2) is 18.2 Å². The second-order valence-electron chi connectivity index (χ2n) is 5.27. The summed E-state index contributed by atoms with van der Waals surface area (Å²) in [6.07, 6.45) is 1.19. The van der Waals surface area contributed by atoms with Gasteiger partial charge in [0.05, 0.1) is 5.56 Å². The van der Waals surface area contributed by atoms with E-state index in [2.05, 4.69) is 19.2 Å². The number of nitrogens with one attached hydrogen (secondary N) is 1. The molecule has 1 fully saturated rings. The summed E-state index contributed by atoms with van der Waals surface area (Å²) in [5.41, 5.74) is 1.27. The van der Waals surface area contributed by atoms with Crippen LogP contribution in [0.25, 0.3) is 0 Å². The molecule has 0 aliphatic heterocycles. The molecule has 1 unspecified atom stereocenters. The van der Waals surface area contributed by atoms with Crippen LogP contribution in [0.2, 0.25) is 5.02 Å². The number of halogens is 1. The van der Waals surface area contributed by atoms with E-state index in [0.717, 1.165) is 6.54 Å². The molecule has 0 heterocycles. The van der Waals surface area contributed by atoms with Crippen molar-refractivity contribution in [2.24, 2.45) is 11.3 Å². The van der Waals surface area contributed by atoms with Crippen molar-refractivity contribution in [3.05, 3.63) is 28.8 Å². The predicted molar refractivity (Wildman–Crippen MR) is 68.8 cm³/mol. The number of carbonyl (C=O) groups is 1. The fourth-order valence-electron chi connectivity index (χ4n) is 2.01. The van der Waals surface area contributed by atoms with E-state index in [-0.39, 0.29) is 5.56 Å². The monoisotopic (exact) mass is 253 g/mol. The topological polar surface area (TPSA) is 49.3 Å². The van der Waals surface area contributed by atoms with Crippen LogP contribution >= 0.6 is 11.6 Å². The van der Waals surface area contributed by atoms with E-state index >= 15 is 0 Å². The molecule has 0 bridgehead atoms. The van der Waals surface area contributed by atoms with Gasteiger partial charge in [-0.1, -0.05) is 25.4 Å². The molecular formula is C13H16ClNO2. The Labute approximate surface area is 106 Å². The molecule has 1 saturated carbocycles. The molecule has 92 valence electrons. The summed E-state index contributed by atoms with van der Waals surface area (Å²) in [4.78, 5) is 11.1. The van der Waals surface area contributed by atoms with Gasteiger partial charge in [0.25, 0.3) is 0 Å². The van der Waals surface area contributed by atoms with Gasteiger partial charge in [-0.25, -0.2) is 4.79 Å². The molecule has 1 aliphatic carbocycles. The molecule has 0 spiro atoms. The normalized spacial score (nSPS) is 21.0. The molecule has 1 aromatic carbocycles. The summed E-state index contributed by atoms with van der Waals surface area (Å²) in [5, 5.41) is 12.7. The van der Waals surface area contributed by atoms with E-state index < -0.39 is 5.97 Å². The van der Waals surface area contributed by atoms with Crippen molar-refractivity contribution in [2.75, 3.05) is 11.9 Å². The quantitative estimate of drug-likeness (QED) is 0.864. The van der Waals surface area contributed by atoms with Gasteiger partial charge >= 0.3 is 5.97 Å². The minimum atomic E-state index is -0.954. The Bertz CT molecular complexity index is 457. The summed E-state index contributed by atoms with van der Waals surface area (Å²) in [6, 6.07) is 4.90. The summed E-state index contributed by atoms with van der Waals surface area (Å²) in [6.45, 7) is 5.26. The first-order chi connectivity index (χ1) is 7.90. The Balaban J connectivity index is 2.08. The Morgan fingerprint density at radius 2 is 2.24 bits per heavy atom. The van der Waals surface area contributed by atoms with E-state index in [4.69, 9.17) is 16.7 Å². The van der Waals surface area contributed by atoms with Crippen molar-refractivity contribution in [1.82, 2.24) is 0 Å². The fraction of sp³-hybridized carbons (Fsp3) is 0.462. The van der Waals surface area contributed by atoms with Crippen LogP contribution in [0.4, 0.5) is 5.69 Å². The number of hydrogen-bond donors (Lipinski definition) is 2. The van der Waals surface area contributed by atoms with Gasteiger partial charge in [0, 0.05) is 17.3 Å². The van der Waals surface area contributed by atoms with Crippen molar-refractivity contribution >= 4 is 23.3 Å². The average molecular weight is 254 g/mol. The van der Waals surface area contributed by atoms with Crippen LogP contribution in [0.1, 0.15) is 30.6 Å². The third-order valence-corrected chi connectivity index (χ3v) is 3.70. The van der Waals surface area contributed by atoms with Gasteiger partial charge in [-0.3, -0.25) is 0 Å². The fourth-order valence-corrected chi connectivity index (χ4v) is 2.18. The van der Waals surface area contributed by atoms with Gasteiger partial charge in [-0.15, -0.1) is 0 Å². The molecular weight excluding hydrogens is 238 g/mol. The SMILES string of the molecule is CC1(C)CC1CNc1ccc(Cl)cc1C(=O)O. The standard InChI is InChI=1S/C13H16ClNO2/c1-13(2)6-8(13)7-15-11-4-3-9(14)5-10(11)12(16)17/h3-5,8,15H,6-7H2,1-2H3,(H,16,17). The van der Waals surface area contributed by atoms with E-state index in [1.165, 1.54) is 12.5 Å². The summed E-state index contributed by atoms with van der Waals surface area (Å²) < 4.78 is 0. The van der Waals surface area contributed by atoms with Gasteiger partial charge in [-0.2, -0.15) is 0 Å². The van der Waals surface area contributed by atoms with Crippen LogP contribution < -0.4 is 5.32 Å². The number of benzene rings is 1. The molecule has 0 aromatic heterocycles. The zero-order chi connectivity index (χ0) is 12.6. The lowest BCUT2D eigenvalue weighted by Crippen LogP contribution is -2.10. The van der Waals surface area contributed by atoms with Crippen LogP contribution in [0, 0.1) is 11.3 Å². The highest BCUT2D eigenvalue weighted by Crippen LogP contribution is 2.51. The summed E-state index contributed by atoms with van der Waals surface area (Å²) in [5.74, 6) is -0.329. The lowest BCUT2D eigenvalue weighted by molar-refractivity contribution is 0.0698. The van der Waals surface area contributed by atoms with Gasteiger partial charge in [-0.05, 0) is 36.0 Å². The smallest absolute Gasteiger partial charge is 0.337 e. The molecule has 4 heteroatoms. The van der Waals surface area contributed by atoms with Crippen molar-refractivity contribution in [3.63, 3.8) is 0 Å². The number of rotatable bonds is 4. The highest BCUT2D eigenvalue weighted by atomic mass is 35.5. The van der Waals surface area contributed by atoms with E-state index in [9.17, 15) is 4.79 Å². The Morgan fingerprint density at radius 3 is 2.76 bits per heavy atom. The highest BCUT2D eigenvalue weighted by molar-refractivity contribution is 6.31. The molecule has 0 amide bonds. The van der Waals surface area contributed by atoms with Crippen molar-refractivity contribution in [2.45, 2.75) is 20.3 Å². The summed E-state index contributed by atoms with van der Waals surface area (Å²) >= 11 is 5.79. The minimum Gasteiger partial charge on any atom is -0.478 e. The van der Waals surface area contributed by atoms with E-state index in [1.54, 1.807) is 12.1 Å². The molecule has 1 atom stereocenters. The first-order valence-electron chi connectivity index (χ1n) is 5.67. The maximum Gasteiger partial charge on any atom is 0.337 e. The van der Waals surface area contributed by atoms with Crippen molar-refractivity contribution < 1.29 is 9.90 Å². The molecule has 17 heavy (non-hydrogen) atoms. The molecule has 0 saturated heterocycles. The van der Waals surface area contributed by atoms with Gasteiger partial charge < -0.3 is 10.4 Å². The lowest BCUT2D eigenvalue weighted by atomic mass is 10.1. The largest absolute Gasteiger partial charge is 0.478 e. The Kier molecular flexibility index (Phi) is 3.04. The van der Waals surface area contributed by atoms with Crippen LogP contribution in [0.5, 0.6) is 0 Å². The number of carboxylic acid groups (broad SMARTS) is 1. The third-order valence-electron chi connectivity index (χ3n) is 3.47. The number of carboxylic acids is 1. The molecule has 1 aliphatic rings. The maximum atomic E-state index is 11.1. The molecule has 2 rings (SSSR count). The first kappa shape index (κ1) is 12.2. The molecule has 1 aromatic rings. The Hall–Kier alpha value is -1.22. The number of hydrogen-bond acceptors (Lipinski definition) is 2. The molecule has 0 radical (unpaired) electrons. The van der Waals surface area contributed by atoms with Gasteiger partial charge in [0.2, 0.25) is 0 Å². The minimum absolute atomic E-state index is 0.232. The van der Waals surface area contributed by atoms with Crippen molar-refractivity contribution in [3.8, 4) is 0 Å². The van der Waals surface area contributed by atoms with E-state index in [1.807, 2.05) is 0 Å². The average Bonchev–Trinajstić information content (AvgIpc) is 2.84. The zero-order valence-corrected chi connectivity index (χ0v) is 10.7. The highest BCUT2D eigenvalue weighted by Gasteiger charge is 2.45. The van der Waals surface area contributed by atoms with Crippen molar-refractivity contribution in [1.29, 1.82) is 0 Å².